The van der Waals surface area contributed by atoms with Crippen molar-refractivity contribution in [2.45, 2.75) is 25.4 Å². The SMILES string of the molecule is COc1ccc(CN(O)C2CN3CCC2CC3)cc1. The smallest absolute Gasteiger partial charge is 0.118 e. The Balaban J connectivity index is 1.62. The molecule has 3 heterocycles. The fourth-order valence-electron chi connectivity index (χ4n) is 3.31. The Morgan fingerprint density at radius 1 is 1.26 bits per heavy atom. The van der Waals surface area contributed by atoms with Crippen molar-refractivity contribution in [3.05, 3.63) is 29.8 Å². The minimum Gasteiger partial charge on any atom is -0.497 e. The Kier molecular flexibility index (Phi) is 3.73. The predicted octanol–water partition coefficient (Wildman–Crippen LogP) is 1.98. The number of rotatable bonds is 4. The second-order valence-corrected chi connectivity index (χ2v) is 5.65. The van der Waals surface area contributed by atoms with Crippen LogP contribution in [0.2, 0.25) is 0 Å². The van der Waals surface area contributed by atoms with Gasteiger partial charge in [0, 0.05) is 13.1 Å². The maximum atomic E-state index is 10.4. The van der Waals surface area contributed by atoms with Gasteiger partial charge in [0.05, 0.1) is 13.2 Å². The third-order valence-electron chi connectivity index (χ3n) is 4.51. The molecule has 1 aromatic carbocycles. The van der Waals surface area contributed by atoms with Crippen molar-refractivity contribution in [1.82, 2.24) is 9.96 Å². The summed E-state index contributed by atoms with van der Waals surface area (Å²) in [4.78, 5) is 2.46. The summed E-state index contributed by atoms with van der Waals surface area (Å²) in [5.41, 5.74) is 1.12. The first-order chi connectivity index (χ1) is 9.26. The molecular formula is C15H22N2O2. The molecule has 3 aliphatic heterocycles. The fourth-order valence-corrected chi connectivity index (χ4v) is 3.31. The molecule has 0 radical (unpaired) electrons. The first kappa shape index (κ1) is 12.9. The molecule has 1 atom stereocenters. The molecule has 0 saturated carbocycles. The zero-order valence-electron chi connectivity index (χ0n) is 11.5. The van der Waals surface area contributed by atoms with Crippen LogP contribution in [0.3, 0.4) is 0 Å². The van der Waals surface area contributed by atoms with E-state index in [1.165, 1.54) is 31.0 Å². The molecule has 0 amide bonds. The molecular weight excluding hydrogens is 240 g/mol. The summed E-state index contributed by atoms with van der Waals surface area (Å²) in [7, 11) is 1.67. The van der Waals surface area contributed by atoms with Crippen molar-refractivity contribution in [1.29, 1.82) is 0 Å². The number of fused-ring (bicyclic) bond motifs is 3. The highest BCUT2D eigenvalue weighted by molar-refractivity contribution is 5.27. The maximum absolute atomic E-state index is 10.4. The van der Waals surface area contributed by atoms with Crippen LogP contribution >= 0.6 is 0 Å². The minimum absolute atomic E-state index is 0.296. The fraction of sp³-hybridized carbons (Fsp3) is 0.600. The Morgan fingerprint density at radius 3 is 2.47 bits per heavy atom. The van der Waals surface area contributed by atoms with Gasteiger partial charge < -0.3 is 14.8 Å². The Bertz CT molecular complexity index is 413. The third-order valence-corrected chi connectivity index (χ3v) is 4.51. The summed E-state index contributed by atoms with van der Waals surface area (Å²) in [5.74, 6) is 1.52. The number of hydrogen-bond donors (Lipinski definition) is 1. The molecule has 4 nitrogen and oxygen atoms in total. The van der Waals surface area contributed by atoms with Crippen molar-refractivity contribution >= 4 is 0 Å². The van der Waals surface area contributed by atoms with Crippen LogP contribution in [0.1, 0.15) is 18.4 Å². The molecule has 1 unspecified atom stereocenters. The van der Waals surface area contributed by atoms with Crippen molar-refractivity contribution in [2.75, 3.05) is 26.7 Å². The Hall–Kier alpha value is -1.10. The lowest BCUT2D eigenvalue weighted by Crippen LogP contribution is -2.56. The van der Waals surface area contributed by atoms with Gasteiger partial charge in [-0.2, -0.15) is 5.06 Å². The molecule has 4 rings (SSSR count). The van der Waals surface area contributed by atoms with Crippen LogP contribution in [-0.4, -0.2) is 48.0 Å². The molecule has 104 valence electrons. The molecule has 0 aliphatic carbocycles. The van der Waals surface area contributed by atoms with E-state index in [1.807, 2.05) is 24.3 Å². The second-order valence-electron chi connectivity index (χ2n) is 5.65. The van der Waals surface area contributed by atoms with E-state index in [-0.39, 0.29) is 0 Å². The van der Waals surface area contributed by atoms with Gasteiger partial charge in [0.25, 0.3) is 0 Å². The number of hydrogen-bond acceptors (Lipinski definition) is 4. The van der Waals surface area contributed by atoms with Gasteiger partial charge in [0.2, 0.25) is 0 Å². The summed E-state index contributed by atoms with van der Waals surface area (Å²) in [6, 6.07) is 8.22. The largest absolute Gasteiger partial charge is 0.497 e. The van der Waals surface area contributed by atoms with E-state index in [4.69, 9.17) is 4.74 Å². The molecule has 4 heteroatoms. The zero-order valence-corrected chi connectivity index (χ0v) is 11.5. The normalized spacial score (nSPS) is 29.7. The van der Waals surface area contributed by atoms with E-state index >= 15 is 0 Å². The lowest BCUT2D eigenvalue weighted by molar-refractivity contribution is -0.175. The number of piperidine rings is 3. The monoisotopic (exact) mass is 262 g/mol. The van der Waals surface area contributed by atoms with Gasteiger partial charge in [-0.3, -0.25) is 0 Å². The Morgan fingerprint density at radius 2 is 1.95 bits per heavy atom. The van der Waals surface area contributed by atoms with Crippen LogP contribution < -0.4 is 4.74 Å². The lowest BCUT2D eigenvalue weighted by atomic mass is 9.84. The Labute approximate surface area is 114 Å². The summed E-state index contributed by atoms with van der Waals surface area (Å²) >= 11 is 0. The highest BCUT2D eigenvalue weighted by atomic mass is 16.5. The molecule has 1 N–H and O–H groups in total. The van der Waals surface area contributed by atoms with Crippen LogP contribution in [0.5, 0.6) is 5.75 Å². The average Bonchev–Trinajstić information content (AvgIpc) is 2.49. The van der Waals surface area contributed by atoms with Gasteiger partial charge in [0.15, 0.2) is 0 Å². The number of benzene rings is 1. The molecule has 3 fully saturated rings. The third kappa shape index (κ3) is 2.76. The number of nitrogens with zero attached hydrogens (tertiary/aromatic N) is 2. The first-order valence-electron chi connectivity index (χ1n) is 7.07. The van der Waals surface area contributed by atoms with E-state index in [0.717, 1.165) is 17.9 Å². The van der Waals surface area contributed by atoms with E-state index in [2.05, 4.69) is 4.90 Å². The van der Waals surface area contributed by atoms with Gasteiger partial charge in [-0.05, 0) is 49.5 Å². The van der Waals surface area contributed by atoms with E-state index < -0.39 is 0 Å². The maximum Gasteiger partial charge on any atom is 0.118 e. The molecule has 0 aromatic heterocycles. The van der Waals surface area contributed by atoms with Gasteiger partial charge >= 0.3 is 0 Å². The van der Waals surface area contributed by atoms with E-state index in [9.17, 15) is 5.21 Å². The summed E-state index contributed by atoms with van der Waals surface area (Å²) < 4.78 is 5.15. The molecule has 3 saturated heterocycles. The zero-order chi connectivity index (χ0) is 13.2. The molecule has 0 spiro atoms. The number of ether oxygens (including phenoxy) is 1. The number of hydroxylamine groups is 2. The van der Waals surface area contributed by atoms with Crippen molar-refractivity contribution < 1.29 is 9.94 Å². The van der Waals surface area contributed by atoms with Crippen LogP contribution in [0.25, 0.3) is 0 Å². The van der Waals surface area contributed by atoms with Crippen LogP contribution in [0, 0.1) is 5.92 Å². The summed E-state index contributed by atoms with van der Waals surface area (Å²) in [6.45, 7) is 4.02. The predicted molar refractivity (Wildman–Crippen MR) is 73.3 cm³/mol. The lowest BCUT2D eigenvalue weighted by Gasteiger charge is -2.47. The summed E-state index contributed by atoms with van der Waals surface area (Å²) in [5, 5.41) is 11.9. The van der Waals surface area contributed by atoms with Crippen LogP contribution in [0.4, 0.5) is 0 Å². The highest BCUT2D eigenvalue weighted by Gasteiger charge is 2.37. The molecule has 1 aromatic rings. The number of methoxy groups -OCH3 is 1. The molecule has 3 aliphatic rings. The molecule has 19 heavy (non-hydrogen) atoms. The average molecular weight is 262 g/mol. The topological polar surface area (TPSA) is 35.9 Å². The van der Waals surface area contributed by atoms with Gasteiger partial charge in [-0.25, -0.2) is 0 Å². The quantitative estimate of drug-likeness (QED) is 0.842. The summed E-state index contributed by atoms with van der Waals surface area (Å²) in [6.07, 6.45) is 2.45. The molecule has 2 bridgehead atoms. The standard InChI is InChI=1S/C15H22N2O2/c1-19-14-4-2-12(3-5-14)10-17(18)15-11-16-8-6-13(15)7-9-16/h2-5,13,15,18H,6-11H2,1H3. The van der Waals surface area contributed by atoms with Crippen molar-refractivity contribution in [2.24, 2.45) is 5.92 Å². The van der Waals surface area contributed by atoms with E-state index in [1.54, 1.807) is 7.11 Å². The van der Waals surface area contributed by atoms with E-state index in [0.29, 0.717) is 18.5 Å². The van der Waals surface area contributed by atoms with Gasteiger partial charge in [-0.15, -0.1) is 0 Å². The van der Waals surface area contributed by atoms with Gasteiger partial charge in [-0.1, -0.05) is 12.1 Å². The minimum atomic E-state index is 0.296. The highest BCUT2D eigenvalue weighted by Crippen LogP contribution is 2.30. The van der Waals surface area contributed by atoms with Crippen LogP contribution in [-0.2, 0) is 6.54 Å². The van der Waals surface area contributed by atoms with Crippen molar-refractivity contribution in [3.63, 3.8) is 0 Å². The van der Waals surface area contributed by atoms with Gasteiger partial charge in [0.1, 0.15) is 5.75 Å². The first-order valence-corrected chi connectivity index (χ1v) is 7.07. The van der Waals surface area contributed by atoms with Crippen molar-refractivity contribution in [3.8, 4) is 5.75 Å². The van der Waals surface area contributed by atoms with Crippen LogP contribution in [0.15, 0.2) is 24.3 Å². The second kappa shape index (κ2) is 5.49.